The van der Waals surface area contributed by atoms with Gasteiger partial charge in [0, 0.05) is 12.8 Å². The summed E-state index contributed by atoms with van der Waals surface area (Å²) in [5.74, 6) is 6.44. The maximum absolute atomic E-state index is 5.88. The van der Waals surface area contributed by atoms with Gasteiger partial charge in [-0.1, -0.05) is 20.8 Å². The minimum Gasteiger partial charge on any atom is -0.495 e. The van der Waals surface area contributed by atoms with Crippen LogP contribution in [0.15, 0.2) is 18.5 Å². The SMILES string of the molecule is CCOC(C(NN)c1cncc(OC)c1)C(C)(C)C. The predicted molar refractivity (Wildman–Crippen MR) is 75.7 cm³/mol. The quantitative estimate of drug-likeness (QED) is 0.610. The second-order valence-electron chi connectivity index (χ2n) is 5.54. The molecule has 1 aromatic heterocycles. The third-order valence-corrected chi connectivity index (χ3v) is 3.01. The van der Waals surface area contributed by atoms with Crippen LogP contribution in [0.25, 0.3) is 0 Å². The highest BCUT2D eigenvalue weighted by Crippen LogP contribution is 2.33. The lowest BCUT2D eigenvalue weighted by molar-refractivity contribution is -0.0367. The van der Waals surface area contributed by atoms with E-state index in [0.717, 1.165) is 5.56 Å². The van der Waals surface area contributed by atoms with Crippen LogP contribution in [0.2, 0.25) is 0 Å². The Morgan fingerprint density at radius 1 is 1.37 bits per heavy atom. The largest absolute Gasteiger partial charge is 0.495 e. The van der Waals surface area contributed by atoms with E-state index in [9.17, 15) is 0 Å². The first kappa shape index (κ1) is 15.9. The van der Waals surface area contributed by atoms with Crippen molar-refractivity contribution in [3.63, 3.8) is 0 Å². The van der Waals surface area contributed by atoms with Crippen molar-refractivity contribution in [1.82, 2.24) is 10.4 Å². The van der Waals surface area contributed by atoms with Gasteiger partial charge in [-0.3, -0.25) is 16.3 Å². The van der Waals surface area contributed by atoms with Gasteiger partial charge >= 0.3 is 0 Å². The summed E-state index contributed by atoms with van der Waals surface area (Å²) in [4.78, 5) is 4.17. The van der Waals surface area contributed by atoms with E-state index in [-0.39, 0.29) is 17.6 Å². The molecule has 0 saturated carbocycles. The highest BCUT2D eigenvalue weighted by atomic mass is 16.5. The molecule has 0 fully saturated rings. The normalized spacial score (nSPS) is 15.1. The summed E-state index contributed by atoms with van der Waals surface area (Å²) in [7, 11) is 1.62. The number of methoxy groups -OCH3 is 1. The zero-order valence-corrected chi connectivity index (χ0v) is 12.4. The van der Waals surface area contributed by atoms with Crippen molar-refractivity contribution in [3.8, 4) is 5.75 Å². The van der Waals surface area contributed by atoms with Gasteiger partial charge in [0.05, 0.1) is 25.5 Å². The number of aromatic nitrogens is 1. The standard InChI is InChI=1S/C14H25N3O2/c1-6-19-13(14(2,3)4)12(17-15)10-7-11(18-5)9-16-8-10/h7-9,12-13,17H,6,15H2,1-5H3. The van der Waals surface area contributed by atoms with E-state index in [4.69, 9.17) is 15.3 Å². The summed E-state index contributed by atoms with van der Waals surface area (Å²) < 4.78 is 11.1. The van der Waals surface area contributed by atoms with Crippen LogP contribution >= 0.6 is 0 Å². The Morgan fingerprint density at radius 2 is 2.05 bits per heavy atom. The number of rotatable bonds is 6. The monoisotopic (exact) mass is 267 g/mol. The minimum absolute atomic E-state index is 0.0455. The van der Waals surface area contributed by atoms with Gasteiger partial charge in [-0.05, 0) is 24.0 Å². The molecule has 0 aliphatic carbocycles. The van der Waals surface area contributed by atoms with Crippen molar-refractivity contribution >= 4 is 0 Å². The number of ether oxygens (including phenoxy) is 2. The molecule has 5 heteroatoms. The molecule has 2 unspecified atom stereocenters. The number of nitrogens with two attached hydrogens (primary N) is 1. The topological polar surface area (TPSA) is 69.4 Å². The summed E-state index contributed by atoms with van der Waals surface area (Å²) in [6.45, 7) is 9.01. The Bertz CT molecular complexity index is 391. The number of nitrogens with one attached hydrogen (secondary N) is 1. The molecule has 1 aromatic rings. The molecule has 3 N–H and O–H groups in total. The minimum atomic E-state index is -0.137. The Balaban J connectivity index is 3.08. The third kappa shape index (κ3) is 4.16. The highest BCUT2D eigenvalue weighted by molar-refractivity contribution is 5.27. The maximum Gasteiger partial charge on any atom is 0.137 e. The molecule has 5 nitrogen and oxygen atoms in total. The molecule has 1 heterocycles. The summed E-state index contributed by atoms with van der Waals surface area (Å²) in [6, 6.07) is 1.79. The van der Waals surface area contributed by atoms with Crippen molar-refractivity contribution in [3.05, 3.63) is 24.0 Å². The molecule has 0 saturated heterocycles. The predicted octanol–water partition coefficient (Wildman–Crippen LogP) is 2.05. The number of hydrogen-bond acceptors (Lipinski definition) is 5. The first-order chi connectivity index (χ1) is 8.93. The van der Waals surface area contributed by atoms with Crippen LogP contribution in [0.1, 0.15) is 39.3 Å². The summed E-state index contributed by atoms with van der Waals surface area (Å²) >= 11 is 0. The van der Waals surface area contributed by atoms with Crippen LogP contribution in [0.5, 0.6) is 5.75 Å². The van der Waals surface area contributed by atoms with Crippen LogP contribution in [0, 0.1) is 5.41 Å². The van der Waals surface area contributed by atoms with Gasteiger partial charge in [0.1, 0.15) is 5.75 Å². The first-order valence-electron chi connectivity index (χ1n) is 6.50. The second kappa shape index (κ2) is 6.84. The third-order valence-electron chi connectivity index (χ3n) is 3.01. The van der Waals surface area contributed by atoms with Crippen molar-refractivity contribution in [2.24, 2.45) is 11.3 Å². The van der Waals surface area contributed by atoms with Crippen molar-refractivity contribution < 1.29 is 9.47 Å². The van der Waals surface area contributed by atoms with E-state index in [0.29, 0.717) is 12.4 Å². The van der Waals surface area contributed by atoms with Gasteiger partial charge in [-0.25, -0.2) is 0 Å². The first-order valence-corrected chi connectivity index (χ1v) is 6.50. The zero-order valence-electron chi connectivity index (χ0n) is 12.4. The molecular weight excluding hydrogens is 242 g/mol. The summed E-state index contributed by atoms with van der Waals surface area (Å²) in [5, 5.41) is 0. The molecule has 0 aliphatic rings. The van der Waals surface area contributed by atoms with Gasteiger partial charge < -0.3 is 9.47 Å². The summed E-state index contributed by atoms with van der Waals surface area (Å²) in [5.41, 5.74) is 3.75. The fourth-order valence-corrected chi connectivity index (χ4v) is 2.10. The zero-order chi connectivity index (χ0) is 14.5. The van der Waals surface area contributed by atoms with E-state index in [1.165, 1.54) is 0 Å². The lowest BCUT2D eigenvalue weighted by Gasteiger charge is -2.36. The van der Waals surface area contributed by atoms with E-state index in [2.05, 4.69) is 31.2 Å². The van der Waals surface area contributed by atoms with Crippen LogP contribution in [-0.4, -0.2) is 24.8 Å². The molecule has 108 valence electrons. The fraction of sp³-hybridized carbons (Fsp3) is 0.643. The molecule has 19 heavy (non-hydrogen) atoms. The number of hydrogen-bond donors (Lipinski definition) is 2. The molecule has 1 rings (SSSR count). The number of pyridine rings is 1. The van der Waals surface area contributed by atoms with Crippen LogP contribution < -0.4 is 16.0 Å². The van der Waals surface area contributed by atoms with E-state index < -0.39 is 0 Å². The molecule has 0 radical (unpaired) electrons. The smallest absolute Gasteiger partial charge is 0.137 e. The van der Waals surface area contributed by atoms with Crippen LogP contribution in [-0.2, 0) is 4.74 Å². The number of nitrogens with zero attached hydrogens (tertiary/aromatic N) is 1. The molecule has 0 aliphatic heterocycles. The van der Waals surface area contributed by atoms with Gasteiger partial charge in [0.2, 0.25) is 0 Å². The van der Waals surface area contributed by atoms with Crippen LogP contribution in [0.3, 0.4) is 0 Å². The Labute approximate surface area is 115 Å². The maximum atomic E-state index is 5.88. The molecule has 0 bridgehead atoms. The van der Waals surface area contributed by atoms with E-state index in [1.54, 1.807) is 19.5 Å². The van der Waals surface area contributed by atoms with Crippen molar-refractivity contribution in [1.29, 1.82) is 0 Å². The molecule has 0 amide bonds. The highest BCUT2D eigenvalue weighted by Gasteiger charge is 2.33. The second-order valence-corrected chi connectivity index (χ2v) is 5.54. The van der Waals surface area contributed by atoms with Crippen LogP contribution in [0.4, 0.5) is 0 Å². The molecular formula is C14H25N3O2. The van der Waals surface area contributed by atoms with E-state index in [1.807, 2.05) is 13.0 Å². The lowest BCUT2D eigenvalue weighted by atomic mass is 9.82. The van der Waals surface area contributed by atoms with Gasteiger partial charge in [-0.2, -0.15) is 0 Å². The average molecular weight is 267 g/mol. The van der Waals surface area contributed by atoms with Crippen molar-refractivity contribution in [2.75, 3.05) is 13.7 Å². The van der Waals surface area contributed by atoms with Gasteiger partial charge in [0.15, 0.2) is 0 Å². The van der Waals surface area contributed by atoms with Gasteiger partial charge in [-0.15, -0.1) is 0 Å². The Hall–Kier alpha value is -1.17. The average Bonchev–Trinajstić information content (AvgIpc) is 2.38. The van der Waals surface area contributed by atoms with Gasteiger partial charge in [0.25, 0.3) is 0 Å². The Kier molecular flexibility index (Phi) is 5.72. The number of hydrazine groups is 1. The summed E-state index contributed by atoms with van der Waals surface area (Å²) in [6.07, 6.45) is 3.39. The molecule has 0 aromatic carbocycles. The lowest BCUT2D eigenvalue weighted by Crippen LogP contribution is -2.44. The van der Waals surface area contributed by atoms with E-state index >= 15 is 0 Å². The Morgan fingerprint density at radius 3 is 2.53 bits per heavy atom. The molecule has 0 spiro atoms. The van der Waals surface area contributed by atoms with Crippen molar-refractivity contribution in [2.45, 2.75) is 39.8 Å². The fourth-order valence-electron chi connectivity index (χ4n) is 2.10. The molecule has 2 atom stereocenters.